The summed E-state index contributed by atoms with van der Waals surface area (Å²) >= 11 is 6.41. The van der Waals surface area contributed by atoms with Crippen LogP contribution in [-0.4, -0.2) is 34.3 Å². The quantitative estimate of drug-likeness (QED) is 0.671. The van der Waals surface area contributed by atoms with Crippen molar-refractivity contribution in [1.29, 1.82) is 0 Å². The zero-order chi connectivity index (χ0) is 17.6. The molecule has 27 heavy (non-hydrogen) atoms. The van der Waals surface area contributed by atoms with Crippen molar-refractivity contribution in [2.24, 2.45) is 0 Å². The van der Waals surface area contributed by atoms with Crippen LogP contribution in [0.3, 0.4) is 0 Å². The number of fused-ring (bicyclic) bond motifs is 1. The van der Waals surface area contributed by atoms with Crippen LogP contribution in [0.25, 0.3) is 11.4 Å². The molecule has 1 amide bonds. The normalized spacial score (nSPS) is 13.0. The molecule has 1 aromatic heterocycles. The maximum Gasteiger partial charge on any atom is 0.224 e. The van der Waals surface area contributed by atoms with E-state index in [2.05, 4.69) is 25.4 Å². The standard InChI is InChI=1S/C18H24ClN5O.2ClH/c1-20-10-5-7-17(25)21-13-8-9-15(19)14(12-13)18-23-22-16-6-3-2-4-11-24(16)18;;/h8-9,12,20H,2-7,10-11H2,1H3,(H,21,25);2*1H. The molecule has 0 spiro atoms. The summed E-state index contributed by atoms with van der Waals surface area (Å²) in [7, 11) is 1.88. The number of carbonyl (C=O) groups is 1. The minimum atomic E-state index is 0. The average molecular weight is 435 g/mol. The van der Waals surface area contributed by atoms with Crippen LogP contribution >= 0.6 is 36.4 Å². The maximum atomic E-state index is 12.0. The largest absolute Gasteiger partial charge is 0.326 e. The van der Waals surface area contributed by atoms with Gasteiger partial charge < -0.3 is 15.2 Å². The molecule has 0 saturated heterocycles. The van der Waals surface area contributed by atoms with Gasteiger partial charge in [-0.05, 0) is 51.1 Å². The number of nitrogens with zero attached hydrogens (tertiary/aromatic N) is 3. The highest BCUT2D eigenvalue weighted by Crippen LogP contribution is 2.31. The first-order valence-electron chi connectivity index (χ1n) is 8.85. The van der Waals surface area contributed by atoms with E-state index in [0.717, 1.165) is 61.7 Å². The van der Waals surface area contributed by atoms with Crippen molar-refractivity contribution in [3.8, 4) is 11.4 Å². The van der Waals surface area contributed by atoms with E-state index in [1.165, 1.54) is 6.42 Å². The predicted molar refractivity (Wildman–Crippen MR) is 114 cm³/mol. The number of aromatic nitrogens is 3. The number of anilines is 1. The van der Waals surface area contributed by atoms with Crippen LogP contribution in [0.2, 0.25) is 5.02 Å². The zero-order valence-corrected chi connectivity index (χ0v) is 17.7. The van der Waals surface area contributed by atoms with E-state index in [1.54, 1.807) is 6.07 Å². The van der Waals surface area contributed by atoms with Gasteiger partial charge >= 0.3 is 0 Å². The summed E-state index contributed by atoms with van der Waals surface area (Å²) in [5, 5.41) is 15.3. The predicted octanol–water partition coefficient (Wildman–Crippen LogP) is 4.11. The van der Waals surface area contributed by atoms with Crippen molar-refractivity contribution in [3.63, 3.8) is 0 Å². The van der Waals surface area contributed by atoms with Gasteiger partial charge in [-0.2, -0.15) is 0 Å². The summed E-state index contributed by atoms with van der Waals surface area (Å²) in [6, 6.07) is 5.51. The Hall–Kier alpha value is -1.34. The molecule has 2 aromatic rings. The first-order chi connectivity index (χ1) is 12.2. The Kier molecular flexibility index (Phi) is 10.1. The molecule has 0 saturated carbocycles. The Bertz CT molecular complexity index is 751. The molecule has 0 aliphatic carbocycles. The maximum absolute atomic E-state index is 12.0. The molecule has 0 unspecified atom stereocenters. The number of hydrogen-bond acceptors (Lipinski definition) is 4. The molecule has 0 fully saturated rings. The fraction of sp³-hybridized carbons (Fsp3) is 0.500. The van der Waals surface area contributed by atoms with Crippen LogP contribution in [0, 0.1) is 0 Å². The zero-order valence-electron chi connectivity index (χ0n) is 15.3. The lowest BCUT2D eigenvalue weighted by Crippen LogP contribution is -2.15. The van der Waals surface area contributed by atoms with Crippen LogP contribution in [-0.2, 0) is 17.8 Å². The van der Waals surface area contributed by atoms with E-state index < -0.39 is 0 Å². The summed E-state index contributed by atoms with van der Waals surface area (Å²) in [6.07, 6.45) is 5.72. The molecule has 0 bridgehead atoms. The molecule has 2 N–H and O–H groups in total. The van der Waals surface area contributed by atoms with E-state index in [0.29, 0.717) is 11.4 Å². The Balaban J connectivity index is 0.00000182. The van der Waals surface area contributed by atoms with E-state index in [9.17, 15) is 4.79 Å². The highest BCUT2D eigenvalue weighted by Gasteiger charge is 2.18. The lowest BCUT2D eigenvalue weighted by Gasteiger charge is -2.11. The minimum Gasteiger partial charge on any atom is -0.326 e. The van der Waals surface area contributed by atoms with Crippen LogP contribution in [0.1, 0.15) is 37.9 Å². The van der Waals surface area contributed by atoms with Gasteiger partial charge in [0.2, 0.25) is 5.91 Å². The van der Waals surface area contributed by atoms with Crippen molar-refractivity contribution in [2.75, 3.05) is 18.9 Å². The van der Waals surface area contributed by atoms with Gasteiger partial charge in [-0.15, -0.1) is 35.0 Å². The van der Waals surface area contributed by atoms with Gasteiger partial charge in [-0.1, -0.05) is 18.0 Å². The summed E-state index contributed by atoms with van der Waals surface area (Å²) < 4.78 is 2.16. The number of rotatable bonds is 6. The fourth-order valence-corrected chi connectivity index (χ4v) is 3.31. The molecular weight excluding hydrogens is 409 g/mol. The van der Waals surface area contributed by atoms with Crippen molar-refractivity contribution in [3.05, 3.63) is 29.0 Å². The first kappa shape index (κ1) is 23.7. The van der Waals surface area contributed by atoms with Crippen LogP contribution in [0.15, 0.2) is 18.2 Å². The molecule has 1 aliphatic rings. The monoisotopic (exact) mass is 433 g/mol. The summed E-state index contributed by atoms with van der Waals surface area (Å²) in [4.78, 5) is 12.0. The number of halogens is 3. The first-order valence-corrected chi connectivity index (χ1v) is 9.23. The van der Waals surface area contributed by atoms with Crippen molar-refractivity contribution < 1.29 is 4.79 Å². The lowest BCUT2D eigenvalue weighted by molar-refractivity contribution is -0.116. The van der Waals surface area contributed by atoms with Gasteiger partial charge in [0.25, 0.3) is 0 Å². The number of aryl methyl sites for hydroxylation is 1. The third-order valence-electron chi connectivity index (χ3n) is 4.43. The number of hydrogen-bond donors (Lipinski definition) is 2. The second kappa shape index (κ2) is 11.5. The molecule has 3 rings (SSSR count). The van der Waals surface area contributed by atoms with E-state index in [4.69, 9.17) is 11.6 Å². The highest BCUT2D eigenvalue weighted by molar-refractivity contribution is 6.33. The SMILES string of the molecule is CNCCCC(=O)Nc1ccc(Cl)c(-c2nnc3n2CCCCC3)c1.Cl.Cl. The van der Waals surface area contributed by atoms with Crippen LogP contribution < -0.4 is 10.6 Å². The second-order valence-corrected chi connectivity index (χ2v) is 6.76. The Morgan fingerprint density at radius 1 is 1.22 bits per heavy atom. The van der Waals surface area contributed by atoms with Gasteiger partial charge in [0, 0.05) is 30.6 Å². The minimum absolute atomic E-state index is 0. The third kappa shape index (κ3) is 6.07. The molecule has 0 radical (unpaired) electrons. The highest BCUT2D eigenvalue weighted by atomic mass is 35.5. The number of benzene rings is 1. The Morgan fingerprint density at radius 2 is 2.04 bits per heavy atom. The third-order valence-corrected chi connectivity index (χ3v) is 4.76. The topological polar surface area (TPSA) is 71.8 Å². The van der Waals surface area contributed by atoms with Gasteiger partial charge in [0.15, 0.2) is 5.82 Å². The van der Waals surface area contributed by atoms with Crippen molar-refractivity contribution >= 4 is 48.0 Å². The lowest BCUT2D eigenvalue weighted by atomic mass is 10.1. The van der Waals surface area contributed by atoms with Crippen molar-refractivity contribution in [1.82, 2.24) is 20.1 Å². The molecule has 9 heteroatoms. The Morgan fingerprint density at radius 3 is 2.81 bits per heavy atom. The van der Waals surface area contributed by atoms with Gasteiger partial charge in [0.05, 0.1) is 5.02 Å². The average Bonchev–Trinajstić information content (AvgIpc) is 2.85. The molecule has 1 aliphatic heterocycles. The molecule has 0 atom stereocenters. The van der Waals surface area contributed by atoms with E-state index >= 15 is 0 Å². The van der Waals surface area contributed by atoms with Gasteiger partial charge in [0.1, 0.15) is 5.82 Å². The smallest absolute Gasteiger partial charge is 0.224 e. The van der Waals surface area contributed by atoms with E-state index in [-0.39, 0.29) is 30.7 Å². The fourth-order valence-electron chi connectivity index (χ4n) is 3.11. The van der Waals surface area contributed by atoms with E-state index in [1.807, 2.05) is 19.2 Å². The molecular formula is C18H26Cl3N5O. The molecule has 2 heterocycles. The summed E-state index contributed by atoms with van der Waals surface area (Å²) in [5.74, 6) is 1.81. The van der Waals surface area contributed by atoms with Gasteiger partial charge in [-0.3, -0.25) is 4.79 Å². The number of amides is 1. The van der Waals surface area contributed by atoms with Crippen LogP contribution in [0.4, 0.5) is 5.69 Å². The number of nitrogens with one attached hydrogen (secondary N) is 2. The van der Waals surface area contributed by atoms with Crippen LogP contribution in [0.5, 0.6) is 0 Å². The second-order valence-electron chi connectivity index (χ2n) is 6.35. The molecule has 6 nitrogen and oxygen atoms in total. The summed E-state index contributed by atoms with van der Waals surface area (Å²) in [6.45, 7) is 1.74. The summed E-state index contributed by atoms with van der Waals surface area (Å²) in [5.41, 5.74) is 1.55. The Labute approximate surface area is 177 Å². The molecule has 150 valence electrons. The van der Waals surface area contributed by atoms with Gasteiger partial charge in [-0.25, -0.2) is 0 Å². The molecule has 1 aromatic carbocycles. The number of carbonyl (C=O) groups excluding carboxylic acids is 1. The van der Waals surface area contributed by atoms with Crippen molar-refractivity contribution in [2.45, 2.75) is 45.1 Å².